The zero-order valence-corrected chi connectivity index (χ0v) is 18.3. The highest BCUT2D eigenvalue weighted by molar-refractivity contribution is 8.16. The second-order valence-electron chi connectivity index (χ2n) is 7.59. The minimum atomic E-state index is -4.62. The van der Waals surface area contributed by atoms with Crippen molar-refractivity contribution in [1.29, 1.82) is 0 Å². The zero-order valence-electron chi connectivity index (χ0n) is 16.6. The van der Waals surface area contributed by atoms with Gasteiger partial charge in [0.25, 0.3) is 0 Å². The maximum atomic E-state index is 13.4. The number of rotatable bonds is 4. The maximum Gasteiger partial charge on any atom is 0.418 e. The number of fused-ring (bicyclic) bond motifs is 1. The van der Waals surface area contributed by atoms with Crippen molar-refractivity contribution in [2.75, 3.05) is 28.3 Å². The Morgan fingerprint density at radius 3 is 2.53 bits per heavy atom. The standard InChI is InChI=1S/C21H19F4N3O2S2/c1-32(30)11-17-18(12-32)31-20(27-17)28(14-8-6-13(22)7-9-14)10-19(29)26-16-5-3-2-4-15(16)21(23,24)25/h2-9,17-18H,1,10-12H2,(H,26,29). The third kappa shape index (κ3) is 4.93. The van der Waals surface area contributed by atoms with Gasteiger partial charge in [0.2, 0.25) is 5.91 Å². The molecule has 32 heavy (non-hydrogen) atoms. The number of nitrogens with zero attached hydrogens (tertiary/aromatic N) is 2. The summed E-state index contributed by atoms with van der Waals surface area (Å²) in [4.78, 5) is 18.9. The van der Waals surface area contributed by atoms with Crippen LogP contribution in [-0.2, 0) is 20.5 Å². The summed E-state index contributed by atoms with van der Waals surface area (Å²) in [7, 11) is -2.19. The summed E-state index contributed by atoms with van der Waals surface area (Å²) in [5.41, 5.74) is -0.833. The first kappa shape index (κ1) is 22.7. The van der Waals surface area contributed by atoms with Crippen LogP contribution in [-0.4, -0.2) is 50.5 Å². The van der Waals surface area contributed by atoms with Crippen molar-refractivity contribution in [3.8, 4) is 0 Å². The molecule has 1 amide bonds. The molecule has 0 radical (unpaired) electrons. The van der Waals surface area contributed by atoms with E-state index in [4.69, 9.17) is 0 Å². The van der Waals surface area contributed by atoms with Crippen LogP contribution < -0.4 is 10.2 Å². The van der Waals surface area contributed by atoms with Crippen LogP contribution >= 0.6 is 11.8 Å². The predicted molar refractivity (Wildman–Crippen MR) is 121 cm³/mol. The Labute approximate surface area is 186 Å². The Morgan fingerprint density at radius 1 is 1.19 bits per heavy atom. The number of carbonyl (C=O) groups excluding carboxylic acids is 1. The number of aliphatic imine (C=N–C) groups is 1. The van der Waals surface area contributed by atoms with Gasteiger partial charge in [-0.15, -0.1) is 0 Å². The molecule has 1 saturated heterocycles. The Balaban J connectivity index is 1.58. The van der Waals surface area contributed by atoms with Crippen LogP contribution in [0.5, 0.6) is 0 Å². The molecule has 0 saturated carbocycles. The molecule has 5 nitrogen and oxygen atoms in total. The number of para-hydroxylation sites is 1. The molecule has 170 valence electrons. The number of hydrogen-bond acceptors (Lipinski definition) is 5. The van der Waals surface area contributed by atoms with Crippen molar-refractivity contribution in [3.63, 3.8) is 0 Å². The van der Waals surface area contributed by atoms with Crippen LogP contribution in [0, 0.1) is 5.82 Å². The maximum absolute atomic E-state index is 13.4. The molecule has 0 aromatic heterocycles. The van der Waals surface area contributed by atoms with Gasteiger partial charge in [-0.3, -0.25) is 14.0 Å². The number of thioether (sulfide) groups is 1. The number of alkyl halides is 3. The minimum absolute atomic E-state index is 0.0491. The first-order valence-corrected chi connectivity index (χ1v) is 12.5. The Hall–Kier alpha value is -2.53. The normalized spacial score (nSPS) is 24.7. The summed E-state index contributed by atoms with van der Waals surface area (Å²) in [6.07, 6.45) is -4.62. The molecular weight excluding hydrogens is 466 g/mol. The molecule has 0 bridgehead atoms. The molecule has 2 aliphatic heterocycles. The van der Waals surface area contributed by atoms with Gasteiger partial charge in [0.15, 0.2) is 5.17 Å². The van der Waals surface area contributed by atoms with Gasteiger partial charge in [-0.2, -0.15) is 13.2 Å². The summed E-state index contributed by atoms with van der Waals surface area (Å²) in [5, 5.41) is 2.74. The molecule has 11 heteroatoms. The van der Waals surface area contributed by atoms with Gasteiger partial charge in [0, 0.05) is 22.4 Å². The van der Waals surface area contributed by atoms with Gasteiger partial charge >= 0.3 is 6.18 Å². The number of halogens is 4. The lowest BCUT2D eigenvalue weighted by molar-refractivity contribution is -0.137. The topological polar surface area (TPSA) is 61.8 Å². The molecule has 2 aliphatic rings. The van der Waals surface area contributed by atoms with Crippen molar-refractivity contribution >= 4 is 49.6 Å². The van der Waals surface area contributed by atoms with E-state index in [1.165, 1.54) is 59.1 Å². The van der Waals surface area contributed by atoms with Crippen molar-refractivity contribution in [2.24, 2.45) is 4.99 Å². The quantitative estimate of drug-likeness (QED) is 0.528. The number of amidine groups is 1. The third-order valence-corrected chi connectivity index (χ3v) is 8.53. The van der Waals surface area contributed by atoms with Crippen molar-refractivity contribution in [3.05, 3.63) is 59.9 Å². The highest BCUT2D eigenvalue weighted by Gasteiger charge is 2.41. The summed E-state index contributed by atoms with van der Waals surface area (Å²) < 4.78 is 65.5. The van der Waals surface area contributed by atoms with Gasteiger partial charge in [-0.1, -0.05) is 23.9 Å². The lowest BCUT2D eigenvalue weighted by atomic mass is 10.1. The number of carbonyl (C=O) groups is 1. The van der Waals surface area contributed by atoms with Crippen molar-refractivity contribution in [2.45, 2.75) is 17.5 Å². The first-order valence-electron chi connectivity index (χ1n) is 9.58. The van der Waals surface area contributed by atoms with Gasteiger partial charge in [-0.05, 0) is 51.8 Å². The highest BCUT2D eigenvalue weighted by atomic mass is 32.2. The van der Waals surface area contributed by atoms with Gasteiger partial charge in [0.1, 0.15) is 12.4 Å². The van der Waals surface area contributed by atoms with Gasteiger partial charge < -0.3 is 10.2 Å². The molecule has 1 fully saturated rings. The van der Waals surface area contributed by atoms with Crippen molar-refractivity contribution in [1.82, 2.24) is 0 Å². The van der Waals surface area contributed by atoms with Gasteiger partial charge in [0.05, 0.1) is 17.3 Å². The van der Waals surface area contributed by atoms with Crippen LogP contribution in [0.3, 0.4) is 0 Å². The lowest BCUT2D eigenvalue weighted by Crippen LogP contribution is -2.37. The van der Waals surface area contributed by atoms with E-state index in [-0.39, 0.29) is 23.5 Å². The summed E-state index contributed by atoms with van der Waals surface area (Å²) >= 11 is 1.35. The summed E-state index contributed by atoms with van der Waals surface area (Å²) in [6.45, 7) is -0.331. The number of benzene rings is 2. The molecule has 0 spiro atoms. The molecule has 3 atom stereocenters. The van der Waals surface area contributed by atoms with Crippen LogP contribution in [0.1, 0.15) is 5.56 Å². The molecule has 2 aromatic carbocycles. The van der Waals surface area contributed by atoms with Crippen molar-refractivity contribution < 1.29 is 26.6 Å². The Kier molecular flexibility index (Phi) is 5.97. The zero-order chi connectivity index (χ0) is 23.1. The number of hydrogen-bond donors (Lipinski definition) is 1. The molecule has 4 rings (SSSR count). The van der Waals surface area contributed by atoms with E-state index in [0.29, 0.717) is 22.4 Å². The fourth-order valence-electron chi connectivity index (χ4n) is 3.63. The van der Waals surface area contributed by atoms with E-state index in [1.54, 1.807) is 0 Å². The number of nitrogens with one attached hydrogen (secondary N) is 1. The molecule has 0 aliphatic carbocycles. The second kappa shape index (κ2) is 8.43. The molecule has 2 aromatic rings. The fraction of sp³-hybridized carbons (Fsp3) is 0.286. The predicted octanol–water partition coefficient (Wildman–Crippen LogP) is 3.86. The summed E-state index contributed by atoms with van der Waals surface area (Å²) in [5.74, 6) is 3.34. The molecule has 3 unspecified atom stereocenters. The van der Waals surface area contributed by atoms with Crippen LogP contribution in [0.4, 0.5) is 28.9 Å². The lowest BCUT2D eigenvalue weighted by Gasteiger charge is -2.24. The second-order valence-corrected chi connectivity index (χ2v) is 11.4. The van der Waals surface area contributed by atoms with E-state index in [0.717, 1.165) is 6.07 Å². The van der Waals surface area contributed by atoms with E-state index in [1.807, 2.05) is 0 Å². The smallest absolute Gasteiger partial charge is 0.324 e. The van der Waals surface area contributed by atoms with E-state index in [9.17, 15) is 26.6 Å². The number of amides is 1. The van der Waals surface area contributed by atoms with Gasteiger partial charge in [-0.25, -0.2) is 4.39 Å². The Bertz CT molecular complexity index is 1160. The van der Waals surface area contributed by atoms with Crippen LogP contribution in [0.2, 0.25) is 0 Å². The largest absolute Gasteiger partial charge is 0.418 e. The van der Waals surface area contributed by atoms with Crippen LogP contribution in [0.25, 0.3) is 0 Å². The monoisotopic (exact) mass is 485 g/mol. The minimum Gasteiger partial charge on any atom is -0.324 e. The SMILES string of the molecule is C=S1(=O)CC2N=C(N(CC(=O)Nc3ccccc3C(F)(F)F)c3ccc(F)cc3)SC2C1. The van der Waals surface area contributed by atoms with E-state index < -0.39 is 33.0 Å². The Morgan fingerprint density at radius 2 is 1.88 bits per heavy atom. The summed E-state index contributed by atoms with van der Waals surface area (Å²) in [6, 6.07) is 9.89. The highest BCUT2D eigenvalue weighted by Crippen LogP contribution is 2.37. The number of anilines is 2. The third-order valence-electron chi connectivity index (χ3n) is 5.08. The van der Waals surface area contributed by atoms with E-state index >= 15 is 0 Å². The van der Waals surface area contributed by atoms with E-state index in [2.05, 4.69) is 16.2 Å². The average molecular weight is 486 g/mol. The van der Waals surface area contributed by atoms with Crippen LogP contribution in [0.15, 0.2) is 53.5 Å². The molecular formula is C21H19F4N3O2S2. The fourth-order valence-corrected chi connectivity index (χ4v) is 7.74. The average Bonchev–Trinajstić information content (AvgIpc) is 3.20. The first-order chi connectivity index (χ1) is 15.0. The molecule has 1 N–H and O–H groups in total. The molecule has 2 heterocycles.